The van der Waals surface area contributed by atoms with E-state index in [1.807, 2.05) is 72.5 Å². The summed E-state index contributed by atoms with van der Waals surface area (Å²) in [6, 6.07) is 6.75. The van der Waals surface area contributed by atoms with Gasteiger partial charge in [0.25, 0.3) is 0 Å². The van der Waals surface area contributed by atoms with Crippen molar-refractivity contribution >= 4 is 35.3 Å². The molecule has 0 aliphatic heterocycles. The molecule has 0 spiro atoms. The first-order chi connectivity index (χ1) is 14.4. The van der Waals surface area contributed by atoms with Crippen molar-refractivity contribution in [3.63, 3.8) is 0 Å². The fourth-order valence-corrected chi connectivity index (χ4v) is 5.42. The third-order valence-electron chi connectivity index (χ3n) is 3.88. The summed E-state index contributed by atoms with van der Waals surface area (Å²) in [5.74, 6) is 0.0793. The third-order valence-corrected chi connectivity index (χ3v) is 7.60. The molecule has 0 radical (unpaired) electrons. The molecule has 31 heavy (non-hydrogen) atoms. The molecule has 7 nitrogen and oxygen atoms in total. The average molecular weight is 524 g/mol. The van der Waals surface area contributed by atoms with Gasteiger partial charge in [-0.25, -0.2) is 15.0 Å². The molecule has 1 aromatic carbocycles. The third kappa shape index (κ3) is 7.75. The number of imidazole rings is 3. The number of benzene rings is 1. The molecule has 3 heterocycles. The van der Waals surface area contributed by atoms with Gasteiger partial charge in [0.05, 0.1) is 0 Å². The summed E-state index contributed by atoms with van der Waals surface area (Å²) in [6.07, 6.45) is 11.2. The second kappa shape index (κ2) is 12.4. The van der Waals surface area contributed by atoms with Crippen LogP contribution in [0.1, 0.15) is 5.56 Å². The SMILES string of the molecule is Cc1ccc([O-])cc1.Cn1ccnc1S[C-](Sc1nccn1C)Sc1nccn1C.[Zn+2]. The van der Waals surface area contributed by atoms with Gasteiger partial charge in [-0.2, -0.15) is 0 Å². The van der Waals surface area contributed by atoms with Crippen molar-refractivity contribution in [3.8, 4) is 5.75 Å². The molecule has 0 saturated heterocycles. The van der Waals surface area contributed by atoms with Gasteiger partial charge in [-0.15, -0.1) is 9.66 Å². The molecule has 0 fully saturated rings. The summed E-state index contributed by atoms with van der Waals surface area (Å²) in [6.45, 7) is 1.96. The molecule has 0 amide bonds. The largest absolute Gasteiger partial charge is 2.00 e. The predicted molar refractivity (Wildman–Crippen MR) is 121 cm³/mol. The molecule has 0 aliphatic rings. The summed E-state index contributed by atoms with van der Waals surface area (Å²) >= 11 is 4.87. The van der Waals surface area contributed by atoms with Crippen LogP contribution < -0.4 is 5.11 Å². The van der Waals surface area contributed by atoms with E-state index in [2.05, 4.69) is 15.0 Å². The van der Waals surface area contributed by atoms with Gasteiger partial charge >= 0.3 is 19.5 Å². The first-order valence-electron chi connectivity index (χ1n) is 8.98. The maximum Gasteiger partial charge on any atom is 2.00 e. The van der Waals surface area contributed by atoms with Crippen LogP contribution in [0.2, 0.25) is 0 Å². The second-order valence-corrected chi connectivity index (χ2v) is 10.0. The van der Waals surface area contributed by atoms with Gasteiger partial charge in [-0.1, -0.05) is 29.8 Å². The summed E-state index contributed by atoms with van der Waals surface area (Å²) in [7, 11) is 5.97. The Labute approximate surface area is 207 Å². The molecular weight excluding hydrogens is 502 g/mol. The summed E-state index contributed by atoms with van der Waals surface area (Å²) < 4.78 is 7.12. The second-order valence-electron chi connectivity index (χ2n) is 6.33. The maximum absolute atomic E-state index is 10.4. The summed E-state index contributed by atoms with van der Waals surface area (Å²) in [4.78, 5) is 13.1. The summed E-state index contributed by atoms with van der Waals surface area (Å²) in [5.41, 5.74) is 1.13. The Morgan fingerprint density at radius 3 is 1.32 bits per heavy atom. The zero-order chi connectivity index (χ0) is 21.5. The van der Waals surface area contributed by atoms with Crippen molar-refractivity contribution in [1.29, 1.82) is 0 Å². The molecule has 0 bridgehead atoms. The van der Waals surface area contributed by atoms with E-state index < -0.39 is 0 Å². The van der Waals surface area contributed by atoms with E-state index in [4.69, 9.17) is 0 Å². The number of hydrogen-bond donors (Lipinski definition) is 0. The monoisotopic (exact) mass is 522 g/mol. The van der Waals surface area contributed by atoms with Crippen LogP contribution >= 0.6 is 35.3 Å². The zero-order valence-corrected chi connectivity index (χ0v) is 23.2. The molecule has 0 N–H and O–H groups in total. The molecule has 0 aliphatic carbocycles. The van der Waals surface area contributed by atoms with E-state index in [0.29, 0.717) is 0 Å². The number of rotatable bonds is 6. The molecule has 4 aromatic rings. The Hall–Kier alpha value is -1.68. The molecule has 158 valence electrons. The van der Waals surface area contributed by atoms with E-state index in [1.54, 1.807) is 66.0 Å². The topological polar surface area (TPSA) is 76.5 Å². The van der Waals surface area contributed by atoms with Crippen LogP contribution in [0.4, 0.5) is 0 Å². The van der Waals surface area contributed by atoms with Gasteiger partial charge in [0.2, 0.25) is 0 Å². The minimum atomic E-state index is 0. The molecule has 3 aromatic heterocycles. The fourth-order valence-electron chi connectivity index (χ4n) is 2.18. The van der Waals surface area contributed by atoms with Gasteiger partial charge in [0.15, 0.2) is 0 Å². The van der Waals surface area contributed by atoms with Crippen LogP contribution in [0, 0.1) is 10.8 Å². The Morgan fingerprint density at radius 2 is 1.06 bits per heavy atom. The van der Waals surface area contributed by atoms with E-state index in [1.165, 1.54) is 0 Å². The standard InChI is InChI=1S/C13H15N6S3.C7H8O.Zn/c1-17-7-4-14-10(17)20-13(21-11-15-5-8-18(11)2)22-12-16-6-9-19(12)3;1-6-2-4-7(8)5-3-6;/h4-9H,1-3H3;2-5,8H,1H3;/q-1;;+2/p-1. The van der Waals surface area contributed by atoms with Crippen LogP contribution in [0.25, 0.3) is 0 Å². The number of thioether (sulfide) groups is 3. The molecule has 0 saturated carbocycles. The molecule has 0 unspecified atom stereocenters. The van der Waals surface area contributed by atoms with Gasteiger partial charge in [-0.3, -0.25) is 35.3 Å². The average Bonchev–Trinajstić information content (AvgIpc) is 3.43. The molecule has 11 heteroatoms. The number of aromatic nitrogens is 6. The minimum absolute atomic E-state index is 0. The molecule has 4 rings (SSSR count). The smallest absolute Gasteiger partial charge is 0.872 e. The van der Waals surface area contributed by atoms with Crippen LogP contribution in [0.5, 0.6) is 5.75 Å². The molecule has 0 atom stereocenters. The maximum atomic E-state index is 10.4. The van der Waals surface area contributed by atoms with Gasteiger partial charge < -0.3 is 18.8 Å². The Bertz CT molecular complexity index is 942. The van der Waals surface area contributed by atoms with Gasteiger partial charge in [0, 0.05) is 58.3 Å². The van der Waals surface area contributed by atoms with Crippen molar-refractivity contribution in [2.75, 3.05) is 0 Å². The van der Waals surface area contributed by atoms with Crippen molar-refractivity contribution in [1.82, 2.24) is 28.7 Å². The summed E-state index contributed by atoms with van der Waals surface area (Å²) in [5, 5.41) is 13.3. The van der Waals surface area contributed by atoms with Crippen LogP contribution in [0.3, 0.4) is 0 Å². The van der Waals surface area contributed by atoms with Crippen molar-refractivity contribution in [3.05, 3.63) is 70.9 Å². The minimum Gasteiger partial charge on any atom is -0.872 e. The van der Waals surface area contributed by atoms with Crippen molar-refractivity contribution < 1.29 is 24.6 Å². The molecular formula is C20H22N6OS3Zn. The first kappa shape index (κ1) is 25.6. The van der Waals surface area contributed by atoms with Gasteiger partial charge in [0.1, 0.15) is 15.5 Å². The normalized spacial score (nSPS) is 10.5. The Balaban J connectivity index is 0.000000322. The van der Waals surface area contributed by atoms with Gasteiger partial charge in [-0.05, 0) is 6.92 Å². The quantitative estimate of drug-likeness (QED) is 0.214. The van der Waals surface area contributed by atoms with E-state index in [0.717, 1.165) is 24.9 Å². The van der Waals surface area contributed by atoms with Crippen LogP contribution in [0.15, 0.2) is 76.9 Å². The van der Waals surface area contributed by atoms with Crippen molar-refractivity contribution in [2.24, 2.45) is 21.1 Å². The Kier molecular flexibility index (Phi) is 10.2. The van der Waals surface area contributed by atoms with E-state index in [9.17, 15) is 5.11 Å². The zero-order valence-electron chi connectivity index (χ0n) is 17.8. The number of nitrogens with zero attached hydrogens (tertiary/aromatic N) is 6. The fraction of sp³-hybridized carbons (Fsp3) is 0.200. The predicted octanol–water partition coefficient (Wildman–Crippen LogP) is 4.08. The van der Waals surface area contributed by atoms with E-state index in [-0.39, 0.29) is 25.2 Å². The number of aryl methyl sites for hydroxylation is 4. The van der Waals surface area contributed by atoms with Crippen LogP contribution in [-0.2, 0) is 40.6 Å². The van der Waals surface area contributed by atoms with E-state index >= 15 is 0 Å². The van der Waals surface area contributed by atoms with Crippen LogP contribution in [-0.4, -0.2) is 28.7 Å². The first-order valence-corrected chi connectivity index (χ1v) is 11.4. The number of hydrogen-bond acceptors (Lipinski definition) is 7. The Morgan fingerprint density at radius 1 is 0.710 bits per heavy atom. The van der Waals surface area contributed by atoms with Crippen molar-refractivity contribution in [2.45, 2.75) is 22.4 Å².